The molecule has 35 heavy (non-hydrogen) atoms. The van der Waals surface area contributed by atoms with Crippen LogP contribution in [0, 0.1) is 23.7 Å². The number of carbonyl (C=O) groups is 1. The van der Waals surface area contributed by atoms with E-state index in [1.807, 2.05) is 6.92 Å². The first-order valence-corrected chi connectivity index (χ1v) is 13.3. The molecule has 8 nitrogen and oxygen atoms in total. The molecule has 2 heterocycles. The Kier molecular flexibility index (Phi) is 7.45. The van der Waals surface area contributed by atoms with E-state index >= 15 is 0 Å². The molecule has 0 bridgehead atoms. The normalized spacial score (nSPS) is 22.4. The molecule has 2 aliphatic rings. The SMILES string of the molecule is C[C@H]1CN([C@@H](C)CO)S(=O)(=O)c2ccc(C#CC3CC3)cc2O[C@H]1CN(C)C(=O)c1ccccn1. The van der Waals surface area contributed by atoms with Gasteiger partial charge in [0.15, 0.2) is 0 Å². The van der Waals surface area contributed by atoms with Crippen molar-refractivity contribution in [3.8, 4) is 17.6 Å². The van der Waals surface area contributed by atoms with Gasteiger partial charge in [-0.2, -0.15) is 4.31 Å². The molecule has 9 heteroatoms. The summed E-state index contributed by atoms with van der Waals surface area (Å²) in [7, 11) is -2.25. The third-order valence-corrected chi connectivity index (χ3v) is 8.37. The largest absolute Gasteiger partial charge is 0.487 e. The number of pyridine rings is 1. The number of aliphatic hydroxyl groups is 1. The summed E-state index contributed by atoms with van der Waals surface area (Å²) >= 11 is 0. The molecule has 2 aromatic rings. The predicted octanol–water partition coefficient (Wildman–Crippen LogP) is 2.38. The lowest BCUT2D eigenvalue weighted by molar-refractivity contribution is 0.0559. The van der Waals surface area contributed by atoms with Gasteiger partial charge in [-0.25, -0.2) is 8.42 Å². The molecule has 1 N–H and O–H groups in total. The maximum absolute atomic E-state index is 13.6. The van der Waals surface area contributed by atoms with Gasteiger partial charge in [0.05, 0.1) is 13.2 Å². The topological polar surface area (TPSA) is 100 Å². The standard InChI is InChI=1S/C26H31N3O5S/c1-18-15-29(19(2)17-30)35(32,33)25-12-11-21(10-9-20-7-8-20)14-23(25)34-24(18)16-28(3)26(31)22-6-4-5-13-27-22/h4-6,11-14,18-20,24,30H,7-8,15-17H2,1-3H3/t18-,19-,24-/m0/s1. The van der Waals surface area contributed by atoms with Gasteiger partial charge in [-0.15, -0.1) is 0 Å². The van der Waals surface area contributed by atoms with Gasteiger partial charge in [-0.05, 0) is 50.1 Å². The Morgan fingerprint density at radius 1 is 1.31 bits per heavy atom. The van der Waals surface area contributed by atoms with Gasteiger partial charge in [0, 0.05) is 43.2 Å². The Hall–Kier alpha value is -2.93. The number of aliphatic hydroxyl groups excluding tert-OH is 1. The fraction of sp³-hybridized carbons (Fsp3) is 0.462. The highest BCUT2D eigenvalue weighted by atomic mass is 32.2. The molecule has 3 atom stereocenters. The van der Waals surface area contributed by atoms with Crippen LogP contribution in [0.3, 0.4) is 0 Å². The van der Waals surface area contributed by atoms with E-state index in [2.05, 4.69) is 16.8 Å². The summed E-state index contributed by atoms with van der Waals surface area (Å²) in [5.41, 5.74) is 1.00. The van der Waals surface area contributed by atoms with Gasteiger partial charge in [0.25, 0.3) is 5.91 Å². The second kappa shape index (κ2) is 10.4. The third-order valence-electron chi connectivity index (χ3n) is 6.35. The summed E-state index contributed by atoms with van der Waals surface area (Å²) in [6.45, 7) is 3.62. The van der Waals surface area contributed by atoms with Crippen LogP contribution in [0.15, 0.2) is 47.5 Å². The van der Waals surface area contributed by atoms with Crippen molar-refractivity contribution in [2.75, 3.05) is 26.7 Å². The van der Waals surface area contributed by atoms with Crippen molar-refractivity contribution in [2.24, 2.45) is 11.8 Å². The number of benzene rings is 1. The first-order valence-electron chi connectivity index (χ1n) is 11.8. The van der Waals surface area contributed by atoms with E-state index in [0.29, 0.717) is 17.2 Å². The average Bonchev–Trinajstić information content (AvgIpc) is 3.69. The van der Waals surface area contributed by atoms with Crippen LogP contribution in [-0.2, 0) is 10.0 Å². The van der Waals surface area contributed by atoms with Gasteiger partial charge in [0.2, 0.25) is 10.0 Å². The zero-order chi connectivity index (χ0) is 25.2. The van der Waals surface area contributed by atoms with Crippen LogP contribution in [0.25, 0.3) is 0 Å². The van der Waals surface area contributed by atoms with Crippen molar-refractivity contribution in [3.05, 3.63) is 53.9 Å². The molecule has 1 aromatic carbocycles. The highest BCUT2D eigenvalue weighted by Crippen LogP contribution is 2.34. The van der Waals surface area contributed by atoms with Gasteiger partial charge in [-0.1, -0.05) is 24.8 Å². The van der Waals surface area contributed by atoms with E-state index < -0.39 is 22.2 Å². The molecule has 1 aromatic heterocycles. The summed E-state index contributed by atoms with van der Waals surface area (Å²) < 4.78 is 34.8. The second-order valence-electron chi connectivity index (χ2n) is 9.35. The minimum Gasteiger partial charge on any atom is -0.487 e. The summed E-state index contributed by atoms with van der Waals surface area (Å²) in [5.74, 6) is 6.40. The lowest BCUT2D eigenvalue weighted by Gasteiger charge is -2.37. The van der Waals surface area contributed by atoms with Gasteiger partial charge in [-0.3, -0.25) is 9.78 Å². The lowest BCUT2D eigenvalue weighted by Crippen LogP contribution is -2.50. The summed E-state index contributed by atoms with van der Waals surface area (Å²) in [4.78, 5) is 18.6. The van der Waals surface area contributed by atoms with E-state index in [1.165, 1.54) is 15.3 Å². The highest BCUT2D eigenvalue weighted by Gasteiger charge is 2.38. The van der Waals surface area contributed by atoms with Crippen molar-refractivity contribution in [2.45, 2.75) is 43.7 Å². The van der Waals surface area contributed by atoms with Gasteiger partial charge < -0.3 is 14.7 Å². The van der Waals surface area contributed by atoms with Gasteiger partial charge >= 0.3 is 0 Å². The Bertz CT molecular complexity index is 1230. The number of hydrogen-bond acceptors (Lipinski definition) is 6. The first-order chi connectivity index (χ1) is 16.7. The molecular weight excluding hydrogens is 466 g/mol. The van der Waals surface area contributed by atoms with Gasteiger partial charge in [0.1, 0.15) is 22.4 Å². The number of ether oxygens (including phenoxy) is 1. The number of nitrogens with zero attached hydrogens (tertiary/aromatic N) is 3. The number of sulfonamides is 1. The van der Waals surface area contributed by atoms with E-state index in [9.17, 15) is 18.3 Å². The summed E-state index contributed by atoms with van der Waals surface area (Å²) in [6, 6.07) is 9.41. The number of hydrogen-bond donors (Lipinski definition) is 1. The van der Waals surface area contributed by atoms with Crippen molar-refractivity contribution >= 4 is 15.9 Å². The van der Waals surface area contributed by atoms with Crippen LogP contribution in [0.2, 0.25) is 0 Å². The van der Waals surface area contributed by atoms with Crippen LogP contribution in [0.5, 0.6) is 5.75 Å². The zero-order valence-electron chi connectivity index (χ0n) is 20.2. The molecule has 0 radical (unpaired) electrons. The molecule has 1 saturated carbocycles. The molecule has 0 spiro atoms. The number of rotatable bonds is 5. The number of carbonyl (C=O) groups excluding carboxylic acids is 1. The summed E-state index contributed by atoms with van der Waals surface area (Å²) in [5, 5.41) is 9.78. The van der Waals surface area contributed by atoms with E-state index in [0.717, 1.165) is 12.8 Å². The Morgan fingerprint density at radius 2 is 2.09 bits per heavy atom. The molecule has 1 aliphatic carbocycles. The second-order valence-corrected chi connectivity index (χ2v) is 11.2. The Balaban J connectivity index is 1.69. The fourth-order valence-electron chi connectivity index (χ4n) is 3.97. The van der Waals surface area contributed by atoms with Crippen LogP contribution in [0.1, 0.15) is 42.7 Å². The maximum Gasteiger partial charge on any atom is 0.272 e. The lowest BCUT2D eigenvalue weighted by atomic mass is 10.0. The first kappa shape index (κ1) is 25.2. The van der Waals surface area contributed by atoms with E-state index in [-0.39, 0.29) is 42.2 Å². The number of fused-ring (bicyclic) bond motifs is 1. The third kappa shape index (κ3) is 5.67. The van der Waals surface area contributed by atoms with Crippen molar-refractivity contribution in [1.82, 2.24) is 14.2 Å². The predicted molar refractivity (Wildman–Crippen MR) is 131 cm³/mol. The zero-order valence-corrected chi connectivity index (χ0v) is 21.0. The van der Waals surface area contributed by atoms with Crippen molar-refractivity contribution in [3.63, 3.8) is 0 Å². The molecule has 1 aliphatic heterocycles. The number of likely N-dealkylation sites (N-methyl/N-ethyl adjacent to an activating group) is 1. The van der Waals surface area contributed by atoms with Crippen molar-refractivity contribution in [1.29, 1.82) is 0 Å². The molecule has 1 amide bonds. The summed E-state index contributed by atoms with van der Waals surface area (Å²) in [6.07, 6.45) is 3.25. The van der Waals surface area contributed by atoms with Crippen LogP contribution < -0.4 is 4.74 Å². The quantitative estimate of drug-likeness (QED) is 0.637. The van der Waals surface area contributed by atoms with Crippen LogP contribution in [0.4, 0.5) is 0 Å². The fourth-order valence-corrected chi connectivity index (χ4v) is 5.80. The minimum absolute atomic E-state index is 0.0328. The molecular formula is C26H31N3O5S. The number of amides is 1. The number of aromatic nitrogens is 1. The van der Waals surface area contributed by atoms with Crippen LogP contribution >= 0.6 is 0 Å². The van der Waals surface area contributed by atoms with Crippen LogP contribution in [-0.4, -0.2) is 72.5 Å². The molecule has 0 saturated heterocycles. The molecule has 1 fully saturated rings. The monoisotopic (exact) mass is 497 g/mol. The Morgan fingerprint density at radius 3 is 2.74 bits per heavy atom. The smallest absolute Gasteiger partial charge is 0.272 e. The maximum atomic E-state index is 13.6. The molecule has 186 valence electrons. The van der Waals surface area contributed by atoms with E-state index in [1.54, 1.807) is 50.5 Å². The Labute approximate surface area is 207 Å². The van der Waals surface area contributed by atoms with E-state index in [4.69, 9.17) is 4.74 Å². The molecule has 4 rings (SSSR count). The van der Waals surface area contributed by atoms with Crippen molar-refractivity contribution < 1.29 is 23.1 Å². The minimum atomic E-state index is -3.92. The average molecular weight is 498 g/mol. The highest BCUT2D eigenvalue weighted by molar-refractivity contribution is 7.89. The molecule has 0 unspecified atom stereocenters.